The molecule has 0 atom stereocenters. The third-order valence-electron chi connectivity index (χ3n) is 3.41. The van der Waals surface area contributed by atoms with Gasteiger partial charge in [-0.2, -0.15) is 0 Å². The summed E-state index contributed by atoms with van der Waals surface area (Å²) in [6.07, 6.45) is 2.37. The molecule has 0 amide bonds. The van der Waals surface area contributed by atoms with Gasteiger partial charge < -0.3 is 15.5 Å². The van der Waals surface area contributed by atoms with Gasteiger partial charge in [-0.05, 0) is 45.0 Å². The Balaban J connectivity index is 1.99. The maximum Gasteiger partial charge on any atom is 0.153 e. The monoisotopic (exact) mass is 268 g/mol. The molecule has 100 valence electrons. The number of aromatic nitrogens is 1. The number of pyridine rings is 1. The van der Waals surface area contributed by atoms with Crippen LogP contribution in [0.1, 0.15) is 12.8 Å². The first kappa shape index (κ1) is 13.4. The molecule has 0 aliphatic carbocycles. The molecule has 5 heteroatoms. The Kier molecular flexibility index (Phi) is 4.30. The largest absolute Gasteiger partial charge is 0.396 e. The van der Waals surface area contributed by atoms with Crippen LogP contribution in [0.5, 0.6) is 0 Å². The fourth-order valence-corrected chi connectivity index (χ4v) is 2.68. The van der Waals surface area contributed by atoms with E-state index in [-0.39, 0.29) is 0 Å². The lowest BCUT2D eigenvalue weighted by molar-refractivity contribution is 0.284. The number of hydrogen-bond donors (Lipinski definition) is 1. The van der Waals surface area contributed by atoms with Gasteiger partial charge in [0.2, 0.25) is 0 Å². The predicted octanol–water partition coefficient (Wildman–Crippen LogP) is 2.10. The second-order valence-electron chi connectivity index (χ2n) is 5.24. The molecule has 18 heavy (non-hydrogen) atoms. The Morgan fingerprint density at radius 2 is 2.06 bits per heavy atom. The number of rotatable bonds is 3. The number of nitrogen functional groups attached to an aromatic ring is 1. The molecule has 0 radical (unpaired) electrons. The van der Waals surface area contributed by atoms with E-state index in [9.17, 15) is 0 Å². The first-order chi connectivity index (χ1) is 8.56. The second-order valence-corrected chi connectivity index (χ2v) is 5.63. The quantitative estimate of drug-likeness (QED) is 0.853. The van der Waals surface area contributed by atoms with Gasteiger partial charge in [0.15, 0.2) is 5.82 Å². The van der Waals surface area contributed by atoms with Crippen LogP contribution in [0.3, 0.4) is 0 Å². The lowest BCUT2D eigenvalue weighted by Crippen LogP contribution is -2.37. The Bertz CT molecular complexity index is 400. The molecule has 0 aromatic carbocycles. The van der Waals surface area contributed by atoms with E-state index < -0.39 is 0 Å². The average molecular weight is 269 g/mol. The molecule has 0 unspecified atom stereocenters. The van der Waals surface area contributed by atoms with Crippen LogP contribution < -0.4 is 10.6 Å². The fraction of sp³-hybridized carbons (Fsp3) is 0.615. The summed E-state index contributed by atoms with van der Waals surface area (Å²) in [4.78, 5) is 8.84. The molecule has 2 rings (SSSR count). The van der Waals surface area contributed by atoms with Crippen molar-refractivity contribution in [3.8, 4) is 0 Å². The summed E-state index contributed by atoms with van der Waals surface area (Å²) < 4.78 is 0. The number of anilines is 2. The van der Waals surface area contributed by atoms with Gasteiger partial charge >= 0.3 is 0 Å². The van der Waals surface area contributed by atoms with Gasteiger partial charge in [0, 0.05) is 19.6 Å². The van der Waals surface area contributed by atoms with Crippen LogP contribution in [-0.2, 0) is 0 Å². The minimum Gasteiger partial charge on any atom is -0.396 e. The van der Waals surface area contributed by atoms with Crippen molar-refractivity contribution in [3.63, 3.8) is 0 Å². The molecule has 1 saturated heterocycles. The van der Waals surface area contributed by atoms with Gasteiger partial charge in [0.25, 0.3) is 0 Å². The van der Waals surface area contributed by atoms with E-state index >= 15 is 0 Å². The van der Waals surface area contributed by atoms with Crippen molar-refractivity contribution in [1.29, 1.82) is 0 Å². The zero-order valence-corrected chi connectivity index (χ0v) is 11.8. The van der Waals surface area contributed by atoms with Crippen molar-refractivity contribution in [2.75, 3.05) is 44.4 Å². The molecule has 4 nitrogen and oxygen atoms in total. The minimum atomic E-state index is 0.509. The van der Waals surface area contributed by atoms with Gasteiger partial charge in [-0.3, -0.25) is 0 Å². The van der Waals surface area contributed by atoms with Crippen LogP contribution in [0.4, 0.5) is 11.5 Å². The summed E-state index contributed by atoms with van der Waals surface area (Å²) >= 11 is 5.93. The number of piperidine rings is 1. The topological polar surface area (TPSA) is 45.4 Å². The molecule has 1 aromatic heterocycles. The van der Waals surface area contributed by atoms with Crippen LogP contribution in [0.2, 0.25) is 5.15 Å². The fourth-order valence-electron chi connectivity index (χ4n) is 2.53. The molecule has 2 N–H and O–H groups in total. The molecule has 0 saturated carbocycles. The number of hydrogen-bond acceptors (Lipinski definition) is 4. The van der Waals surface area contributed by atoms with E-state index in [2.05, 4.69) is 28.9 Å². The first-order valence-corrected chi connectivity index (χ1v) is 6.75. The minimum absolute atomic E-state index is 0.509. The SMILES string of the molecule is CN(C)CC1CCN(c2nc(Cl)ccc2N)CC1. The number of nitrogens with zero attached hydrogens (tertiary/aromatic N) is 3. The van der Waals surface area contributed by atoms with E-state index in [0.29, 0.717) is 10.8 Å². The summed E-state index contributed by atoms with van der Waals surface area (Å²) in [6.45, 7) is 3.18. The lowest BCUT2D eigenvalue weighted by Gasteiger charge is -2.34. The average Bonchev–Trinajstić information content (AvgIpc) is 2.33. The Labute approximate surface area is 114 Å². The van der Waals surface area contributed by atoms with Crippen LogP contribution in [0.15, 0.2) is 12.1 Å². The number of nitrogens with two attached hydrogens (primary N) is 1. The summed E-state index contributed by atoms with van der Waals surface area (Å²) in [5, 5.41) is 0.509. The molecule has 1 fully saturated rings. The summed E-state index contributed by atoms with van der Waals surface area (Å²) in [6, 6.07) is 3.57. The van der Waals surface area contributed by atoms with Gasteiger partial charge in [0.05, 0.1) is 5.69 Å². The molecular weight excluding hydrogens is 248 g/mol. The third-order valence-corrected chi connectivity index (χ3v) is 3.62. The van der Waals surface area contributed by atoms with E-state index in [1.165, 1.54) is 12.8 Å². The molecule has 1 aliphatic rings. The van der Waals surface area contributed by atoms with E-state index in [0.717, 1.165) is 31.4 Å². The summed E-state index contributed by atoms with van der Waals surface area (Å²) in [5.41, 5.74) is 6.68. The maximum absolute atomic E-state index is 5.96. The maximum atomic E-state index is 5.96. The summed E-state index contributed by atoms with van der Waals surface area (Å²) in [5.74, 6) is 1.61. The number of halogens is 1. The highest BCUT2D eigenvalue weighted by Crippen LogP contribution is 2.27. The zero-order valence-electron chi connectivity index (χ0n) is 11.1. The van der Waals surface area contributed by atoms with Gasteiger partial charge in [-0.15, -0.1) is 0 Å². The molecular formula is C13H21ClN4. The van der Waals surface area contributed by atoms with Crippen LogP contribution in [0, 0.1) is 5.92 Å². The molecule has 0 spiro atoms. The van der Waals surface area contributed by atoms with E-state index in [1.807, 2.05) is 6.07 Å². The Morgan fingerprint density at radius 3 is 2.67 bits per heavy atom. The Morgan fingerprint density at radius 1 is 1.39 bits per heavy atom. The van der Waals surface area contributed by atoms with Gasteiger partial charge in [-0.25, -0.2) is 4.98 Å². The van der Waals surface area contributed by atoms with Crippen LogP contribution in [-0.4, -0.2) is 43.6 Å². The van der Waals surface area contributed by atoms with Crippen molar-refractivity contribution in [2.45, 2.75) is 12.8 Å². The highest BCUT2D eigenvalue weighted by molar-refractivity contribution is 6.29. The molecule has 0 bridgehead atoms. The van der Waals surface area contributed by atoms with Crippen molar-refractivity contribution in [3.05, 3.63) is 17.3 Å². The van der Waals surface area contributed by atoms with Crippen molar-refractivity contribution >= 4 is 23.1 Å². The zero-order chi connectivity index (χ0) is 13.1. The molecule has 2 heterocycles. The van der Waals surface area contributed by atoms with Crippen LogP contribution in [0.25, 0.3) is 0 Å². The van der Waals surface area contributed by atoms with Crippen molar-refractivity contribution in [2.24, 2.45) is 5.92 Å². The summed E-state index contributed by atoms with van der Waals surface area (Å²) in [7, 11) is 4.26. The highest BCUT2D eigenvalue weighted by Gasteiger charge is 2.21. The third kappa shape index (κ3) is 3.27. The Hall–Kier alpha value is -1.00. The van der Waals surface area contributed by atoms with Crippen molar-refractivity contribution in [1.82, 2.24) is 9.88 Å². The standard InChI is InChI=1S/C13H21ClN4/c1-17(2)9-10-5-7-18(8-6-10)13-11(15)3-4-12(14)16-13/h3-4,10H,5-9,15H2,1-2H3. The van der Waals surface area contributed by atoms with Gasteiger partial charge in [-0.1, -0.05) is 11.6 Å². The first-order valence-electron chi connectivity index (χ1n) is 6.38. The smallest absolute Gasteiger partial charge is 0.153 e. The van der Waals surface area contributed by atoms with Crippen molar-refractivity contribution < 1.29 is 0 Å². The van der Waals surface area contributed by atoms with E-state index in [1.54, 1.807) is 6.07 Å². The van der Waals surface area contributed by atoms with Gasteiger partial charge in [0.1, 0.15) is 5.15 Å². The second kappa shape index (κ2) is 5.76. The highest BCUT2D eigenvalue weighted by atomic mass is 35.5. The van der Waals surface area contributed by atoms with Crippen LogP contribution >= 0.6 is 11.6 Å². The normalized spacial score (nSPS) is 17.4. The lowest BCUT2D eigenvalue weighted by atomic mass is 9.96. The molecule has 1 aliphatic heterocycles. The molecule has 1 aromatic rings. The van der Waals surface area contributed by atoms with E-state index in [4.69, 9.17) is 17.3 Å². The predicted molar refractivity (Wildman–Crippen MR) is 77.2 cm³/mol.